The predicted molar refractivity (Wildman–Crippen MR) is 68.1 cm³/mol. The average Bonchev–Trinajstić information content (AvgIpc) is 2.86. The van der Waals surface area contributed by atoms with Crippen molar-refractivity contribution < 1.29 is 14.6 Å². The van der Waals surface area contributed by atoms with E-state index in [1.807, 2.05) is 24.3 Å². The molecule has 18 heavy (non-hydrogen) atoms. The number of benzene rings is 1. The van der Waals surface area contributed by atoms with Gasteiger partial charge in [-0.15, -0.1) is 5.10 Å². The van der Waals surface area contributed by atoms with Gasteiger partial charge in [-0.25, -0.2) is 0 Å². The maximum absolute atomic E-state index is 8.87. The number of ether oxygens (including phenoxy) is 2. The Balaban J connectivity index is 1.97. The highest BCUT2D eigenvalue weighted by molar-refractivity contribution is 7.13. The fourth-order valence-electron chi connectivity index (χ4n) is 1.27. The minimum atomic E-state index is -0.120. The van der Waals surface area contributed by atoms with Crippen LogP contribution in [0.3, 0.4) is 0 Å². The number of hydrogen-bond donors (Lipinski definition) is 1. The number of aliphatic hydroxyl groups excluding tert-OH is 1. The van der Waals surface area contributed by atoms with E-state index in [9.17, 15) is 0 Å². The van der Waals surface area contributed by atoms with Crippen molar-refractivity contribution in [2.24, 2.45) is 0 Å². The molecule has 0 bridgehead atoms. The zero-order valence-electron chi connectivity index (χ0n) is 10.00. The molecule has 0 amide bonds. The topological polar surface area (TPSA) is 64.5 Å². The molecule has 1 aromatic heterocycles. The molecule has 1 aromatic carbocycles. The first-order valence-electron chi connectivity index (χ1n) is 5.65. The van der Waals surface area contributed by atoms with Crippen LogP contribution in [0.2, 0.25) is 0 Å². The highest BCUT2D eigenvalue weighted by atomic mass is 32.1. The smallest absolute Gasteiger partial charge is 0.299 e. The van der Waals surface area contributed by atoms with Gasteiger partial charge in [-0.3, -0.25) is 0 Å². The van der Waals surface area contributed by atoms with Crippen molar-refractivity contribution in [3.63, 3.8) is 0 Å². The lowest BCUT2D eigenvalue weighted by Crippen LogP contribution is -1.94. The molecule has 1 N–H and O–H groups in total. The summed E-state index contributed by atoms with van der Waals surface area (Å²) in [5, 5.41) is 17.4. The molecule has 0 aliphatic heterocycles. The summed E-state index contributed by atoms with van der Waals surface area (Å²) in [6, 6.07) is 7.31. The summed E-state index contributed by atoms with van der Waals surface area (Å²) in [6.45, 7) is 2.65. The number of aliphatic hydroxyl groups is 1. The van der Waals surface area contributed by atoms with Crippen molar-refractivity contribution in [2.45, 2.75) is 20.0 Å². The molecule has 2 aromatic rings. The quantitative estimate of drug-likeness (QED) is 0.870. The van der Waals surface area contributed by atoms with E-state index in [-0.39, 0.29) is 6.61 Å². The third-order valence-electron chi connectivity index (χ3n) is 2.09. The number of nitrogens with zero attached hydrogens (tertiary/aromatic N) is 2. The molecular formula is C12H14N2O3S. The lowest BCUT2D eigenvalue weighted by molar-refractivity contribution is 0.280. The van der Waals surface area contributed by atoms with Crippen LogP contribution in [0.5, 0.6) is 16.7 Å². The first-order valence-corrected chi connectivity index (χ1v) is 6.47. The molecule has 6 heteroatoms. The molecule has 1 heterocycles. The van der Waals surface area contributed by atoms with Gasteiger partial charge in [-0.05, 0) is 30.7 Å². The largest absolute Gasteiger partial charge is 0.494 e. The second-order valence-electron chi connectivity index (χ2n) is 3.54. The second kappa shape index (κ2) is 6.32. The van der Waals surface area contributed by atoms with Crippen molar-refractivity contribution in [3.05, 3.63) is 29.3 Å². The van der Waals surface area contributed by atoms with Crippen LogP contribution in [0, 0.1) is 0 Å². The Kier molecular flexibility index (Phi) is 4.49. The zero-order valence-corrected chi connectivity index (χ0v) is 10.8. The van der Waals surface area contributed by atoms with Gasteiger partial charge >= 0.3 is 0 Å². The van der Waals surface area contributed by atoms with Gasteiger partial charge < -0.3 is 14.6 Å². The lowest BCUT2D eigenvalue weighted by Gasteiger charge is -2.05. The van der Waals surface area contributed by atoms with E-state index in [4.69, 9.17) is 14.6 Å². The van der Waals surface area contributed by atoms with Gasteiger partial charge in [-0.1, -0.05) is 23.4 Å². The molecule has 0 atom stereocenters. The van der Waals surface area contributed by atoms with Crippen molar-refractivity contribution in [3.8, 4) is 16.7 Å². The van der Waals surface area contributed by atoms with Crippen molar-refractivity contribution in [2.75, 3.05) is 6.61 Å². The monoisotopic (exact) mass is 266 g/mol. The first-order chi connectivity index (χ1) is 8.81. The molecule has 0 unspecified atom stereocenters. The summed E-state index contributed by atoms with van der Waals surface area (Å²) in [5.74, 6) is 1.48. The van der Waals surface area contributed by atoms with Gasteiger partial charge in [0.25, 0.3) is 5.19 Å². The summed E-state index contributed by atoms with van der Waals surface area (Å²) in [5.41, 5.74) is 0. The molecule has 0 radical (unpaired) electrons. The van der Waals surface area contributed by atoms with Gasteiger partial charge in [0.2, 0.25) is 0 Å². The van der Waals surface area contributed by atoms with Gasteiger partial charge in [0, 0.05) is 0 Å². The SMILES string of the molecule is CCCOc1ccc(Oc2nnc(CO)s2)cc1. The Morgan fingerprint density at radius 1 is 1.17 bits per heavy atom. The van der Waals surface area contributed by atoms with E-state index < -0.39 is 0 Å². The standard InChI is InChI=1S/C12H14N2O3S/c1-2-7-16-9-3-5-10(6-4-9)17-12-14-13-11(8-15)18-12/h3-6,15H,2,7-8H2,1H3. The van der Waals surface area contributed by atoms with E-state index >= 15 is 0 Å². The van der Waals surface area contributed by atoms with Crippen LogP contribution in [0.4, 0.5) is 0 Å². The number of hydrogen-bond acceptors (Lipinski definition) is 6. The Bertz CT molecular complexity index is 484. The van der Waals surface area contributed by atoms with Gasteiger partial charge in [0.1, 0.15) is 16.5 Å². The second-order valence-corrected chi connectivity index (χ2v) is 4.57. The van der Waals surface area contributed by atoms with Crippen LogP contribution in [0.15, 0.2) is 24.3 Å². The molecule has 0 aliphatic rings. The predicted octanol–water partition coefficient (Wildman–Crippen LogP) is 2.61. The van der Waals surface area contributed by atoms with Crippen LogP contribution < -0.4 is 9.47 Å². The summed E-state index contributed by atoms with van der Waals surface area (Å²) in [7, 11) is 0. The van der Waals surface area contributed by atoms with Crippen molar-refractivity contribution >= 4 is 11.3 Å². The fraction of sp³-hybridized carbons (Fsp3) is 0.333. The first kappa shape index (κ1) is 12.8. The third kappa shape index (κ3) is 3.41. The number of aromatic nitrogens is 2. The average molecular weight is 266 g/mol. The van der Waals surface area contributed by atoms with Gasteiger partial charge in [-0.2, -0.15) is 0 Å². The van der Waals surface area contributed by atoms with Gasteiger partial charge in [0.15, 0.2) is 0 Å². The van der Waals surface area contributed by atoms with E-state index in [0.29, 0.717) is 22.6 Å². The van der Waals surface area contributed by atoms with Crippen molar-refractivity contribution in [1.29, 1.82) is 0 Å². The van der Waals surface area contributed by atoms with Gasteiger partial charge in [0.05, 0.1) is 13.2 Å². The maximum Gasteiger partial charge on any atom is 0.299 e. The molecule has 5 nitrogen and oxygen atoms in total. The molecule has 0 saturated heterocycles. The molecule has 2 rings (SSSR count). The fourth-order valence-corrected chi connectivity index (χ4v) is 1.84. The molecular weight excluding hydrogens is 252 g/mol. The van der Waals surface area contributed by atoms with Crippen LogP contribution >= 0.6 is 11.3 Å². The summed E-state index contributed by atoms with van der Waals surface area (Å²) >= 11 is 1.22. The summed E-state index contributed by atoms with van der Waals surface area (Å²) < 4.78 is 11.0. The third-order valence-corrected chi connectivity index (χ3v) is 2.87. The van der Waals surface area contributed by atoms with Crippen LogP contribution in [0.1, 0.15) is 18.4 Å². The molecule has 0 aliphatic carbocycles. The highest BCUT2D eigenvalue weighted by Gasteiger charge is 2.05. The summed E-state index contributed by atoms with van der Waals surface area (Å²) in [4.78, 5) is 0. The van der Waals surface area contributed by atoms with Crippen LogP contribution in [-0.4, -0.2) is 21.9 Å². The number of rotatable bonds is 6. The van der Waals surface area contributed by atoms with E-state index in [1.54, 1.807) is 0 Å². The Labute approximate surface area is 109 Å². The lowest BCUT2D eigenvalue weighted by atomic mass is 10.3. The highest BCUT2D eigenvalue weighted by Crippen LogP contribution is 2.26. The molecule has 0 fully saturated rings. The molecule has 0 saturated carbocycles. The zero-order chi connectivity index (χ0) is 12.8. The van der Waals surface area contributed by atoms with E-state index in [0.717, 1.165) is 12.2 Å². The van der Waals surface area contributed by atoms with Crippen LogP contribution in [-0.2, 0) is 6.61 Å². The summed E-state index contributed by atoms with van der Waals surface area (Å²) in [6.07, 6.45) is 0.979. The molecule has 96 valence electrons. The Hall–Kier alpha value is -1.66. The van der Waals surface area contributed by atoms with E-state index in [2.05, 4.69) is 17.1 Å². The minimum Gasteiger partial charge on any atom is -0.494 e. The van der Waals surface area contributed by atoms with E-state index in [1.165, 1.54) is 11.3 Å². The van der Waals surface area contributed by atoms with Crippen molar-refractivity contribution in [1.82, 2.24) is 10.2 Å². The normalized spacial score (nSPS) is 10.3. The molecule has 0 spiro atoms. The maximum atomic E-state index is 8.87. The minimum absolute atomic E-state index is 0.120. The Morgan fingerprint density at radius 2 is 1.89 bits per heavy atom. The Morgan fingerprint density at radius 3 is 2.50 bits per heavy atom. The van der Waals surface area contributed by atoms with Crippen LogP contribution in [0.25, 0.3) is 0 Å².